The van der Waals surface area contributed by atoms with Crippen molar-refractivity contribution in [2.24, 2.45) is 0 Å². The van der Waals surface area contributed by atoms with Gasteiger partial charge in [-0.2, -0.15) is 5.10 Å². The first-order chi connectivity index (χ1) is 13.1. The van der Waals surface area contributed by atoms with Crippen LogP contribution in [0.4, 0.5) is 5.69 Å². The second-order valence-corrected chi connectivity index (χ2v) is 6.92. The molecule has 0 aromatic carbocycles. The molecule has 27 heavy (non-hydrogen) atoms. The molecule has 1 fully saturated rings. The number of pyridine rings is 1. The van der Waals surface area contributed by atoms with Crippen LogP contribution < -0.4 is 5.32 Å². The molecular formula is C18H19N7O2. The monoisotopic (exact) mass is 365 g/mol. The largest absolute Gasteiger partial charge is 0.334 e. The second-order valence-electron chi connectivity index (χ2n) is 6.92. The third-order valence-electron chi connectivity index (χ3n) is 5.05. The van der Waals surface area contributed by atoms with Gasteiger partial charge in [-0.05, 0) is 31.9 Å². The predicted molar refractivity (Wildman–Crippen MR) is 96.7 cm³/mol. The summed E-state index contributed by atoms with van der Waals surface area (Å²) >= 11 is 0. The fourth-order valence-corrected chi connectivity index (χ4v) is 3.36. The molecule has 1 aliphatic heterocycles. The molecule has 138 valence electrons. The zero-order valence-electron chi connectivity index (χ0n) is 14.9. The van der Waals surface area contributed by atoms with Gasteiger partial charge in [-0.3, -0.25) is 9.59 Å². The highest BCUT2D eigenvalue weighted by Crippen LogP contribution is 2.38. The Labute approximate surface area is 155 Å². The van der Waals surface area contributed by atoms with E-state index in [0.29, 0.717) is 42.7 Å². The maximum Gasteiger partial charge on any atom is 0.289 e. The standard InChI is InChI=1S/C18H19N7O2/c1-2-23-8-9-24-10-13(19-16(24)18(23)27)17(26)20-12-4-3-7-25-15(12)21-14(22-25)11-5-6-11/h3-4,7,10-11H,2,5-6,8-9H2,1H3,(H,20,26). The minimum atomic E-state index is -0.364. The number of rotatable bonds is 4. The maximum absolute atomic E-state index is 12.7. The lowest BCUT2D eigenvalue weighted by Gasteiger charge is -2.25. The minimum Gasteiger partial charge on any atom is -0.334 e. The van der Waals surface area contributed by atoms with E-state index >= 15 is 0 Å². The molecule has 0 unspecified atom stereocenters. The number of nitrogens with one attached hydrogen (secondary N) is 1. The van der Waals surface area contributed by atoms with Gasteiger partial charge in [0.25, 0.3) is 11.8 Å². The topological polar surface area (TPSA) is 97.4 Å². The summed E-state index contributed by atoms with van der Waals surface area (Å²) in [6, 6.07) is 3.60. The van der Waals surface area contributed by atoms with E-state index in [9.17, 15) is 9.59 Å². The lowest BCUT2D eigenvalue weighted by molar-refractivity contribution is 0.0707. The van der Waals surface area contributed by atoms with Gasteiger partial charge in [-0.1, -0.05) is 0 Å². The zero-order chi connectivity index (χ0) is 18.5. The molecule has 0 atom stereocenters. The van der Waals surface area contributed by atoms with Gasteiger partial charge in [0.2, 0.25) is 0 Å². The van der Waals surface area contributed by atoms with Crippen molar-refractivity contribution in [3.05, 3.63) is 41.9 Å². The van der Waals surface area contributed by atoms with E-state index in [1.54, 1.807) is 26.2 Å². The molecule has 3 aromatic rings. The molecule has 0 saturated heterocycles. The Kier molecular flexibility index (Phi) is 3.49. The summed E-state index contributed by atoms with van der Waals surface area (Å²) in [5.41, 5.74) is 1.42. The van der Waals surface area contributed by atoms with Crippen molar-refractivity contribution in [2.45, 2.75) is 32.2 Å². The number of likely N-dealkylation sites (N-methyl/N-ethyl adjacent to an activating group) is 1. The van der Waals surface area contributed by atoms with E-state index in [2.05, 4.69) is 20.4 Å². The molecule has 4 heterocycles. The number of aromatic nitrogens is 5. The average molecular weight is 365 g/mol. The van der Waals surface area contributed by atoms with Crippen molar-refractivity contribution in [2.75, 3.05) is 18.4 Å². The summed E-state index contributed by atoms with van der Waals surface area (Å²) in [6.45, 7) is 3.83. The number of imidazole rings is 1. The fourth-order valence-electron chi connectivity index (χ4n) is 3.36. The van der Waals surface area contributed by atoms with Crippen molar-refractivity contribution in [3.8, 4) is 0 Å². The molecule has 2 aliphatic rings. The molecule has 1 N–H and O–H groups in total. The summed E-state index contributed by atoms with van der Waals surface area (Å²) in [7, 11) is 0. The Balaban J connectivity index is 1.43. The molecule has 2 amide bonds. The molecule has 0 bridgehead atoms. The molecule has 1 aliphatic carbocycles. The lowest BCUT2D eigenvalue weighted by atomic mass is 10.3. The number of hydrogen-bond acceptors (Lipinski definition) is 5. The number of hydrogen-bond donors (Lipinski definition) is 1. The smallest absolute Gasteiger partial charge is 0.289 e. The number of fused-ring (bicyclic) bond motifs is 2. The third-order valence-corrected chi connectivity index (χ3v) is 5.05. The van der Waals surface area contributed by atoms with E-state index in [4.69, 9.17) is 0 Å². The summed E-state index contributed by atoms with van der Waals surface area (Å²) in [5.74, 6) is 1.05. The van der Waals surface area contributed by atoms with Gasteiger partial charge in [0.1, 0.15) is 5.69 Å². The van der Waals surface area contributed by atoms with Crippen LogP contribution in [0.25, 0.3) is 5.65 Å². The zero-order valence-corrected chi connectivity index (χ0v) is 14.9. The number of amides is 2. The normalized spacial score (nSPS) is 16.6. The highest BCUT2D eigenvalue weighted by Gasteiger charge is 2.29. The Morgan fingerprint density at radius 3 is 2.93 bits per heavy atom. The highest BCUT2D eigenvalue weighted by atomic mass is 16.2. The van der Waals surface area contributed by atoms with Crippen LogP contribution in [0.15, 0.2) is 24.5 Å². The molecule has 3 aromatic heterocycles. The summed E-state index contributed by atoms with van der Waals surface area (Å²) in [6.07, 6.45) is 5.68. The maximum atomic E-state index is 12.7. The number of nitrogens with zero attached hydrogens (tertiary/aromatic N) is 6. The molecule has 0 spiro atoms. The van der Waals surface area contributed by atoms with Crippen LogP contribution in [0.5, 0.6) is 0 Å². The quantitative estimate of drug-likeness (QED) is 0.756. The summed E-state index contributed by atoms with van der Waals surface area (Å²) in [4.78, 5) is 35.7. The minimum absolute atomic E-state index is 0.142. The molecule has 9 nitrogen and oxygen atoms in total. The molecule has 5 rings (SSSR count). The van der Waals surface area contributed by atoms with E-state index in [1.807, 2.05) is 19.2 Å². The molecule has 1 saturated carbocycles. The van der Waals surface area contributed by atoms with Crippen molar-refractivity contribution < 1.29 is 9.59 Å². The second kappa shape index (κ2) is 5.90. The predicted octanol–water partition coefficient (Wildman–Crippen LogP) is 1.53. The van der Waals surface area contributed by atoms with Crippen molar-refractivity contribution in [1.82, 2.24) is 29.0 Å². The van der Waals surface area contributed by atoms with Crippen LogP contribution in [-0.4, -0.2) is 54.0 Å². The Morgan fingerprint density at radius 1 is 1.30 bits per heavy atom. The van der Waals surface area contributed by atoms with Gasteiger partial charge < -0.3 is 14.8 Å². The van der Waals surface area contributed by atoms with Crippen LogP contribution in [0.1, 0.15) is 52.6 Å². The van der Waals surface area contributed by atoms with Gasteiger partial charge in [0.05, 0.1) is 5.69 Å². The van der Waals surface area contributed by atoms with Gasteiger partial charge in [-0.25, -0.2) is 14.5 Å². The van der Waals surface area contributed by atoms with E-state index in [0.717, 1.165) is 18.7 Å². The number of anilines is 1. The van der Waals surface area contributed by atoms with Crippen LogP contribution in [0.3, 0.4) is 0 Å². The number of carbonyl (C=O) groups excluding carboxylic acids is 2. The molecular weight excluding hydrogens is 346 g/mol. The Hall–Kier alpha value is -3.23. The highest BCUT2D eigenvalue weighted by molar-refractivity contribution is 6.05. The first kappa shape index (κ1) is 16.0. The van der Waals surface area contributed by atoms with Crippen LogP contribution in [0.2, 0.25) is 0 Å². The van der Waals surface area contributed by atoms with Gasteiger partial charge in [0.15, 0.2) is 17.3 Å². The SMILES string of the molecule is CCN1CCn2cc(C(=O)Nc3cccn4nc(C5CC5)nc34)nc2C1=O. The van der Waals surface area contributed by atoms with Crippen molar-refractivity contribution in [1.29, 1.82) is 0 Å². The lowest BCUT2D eigenvalue weighted by Crippen LogP contribution is -2.40. The van der Waals surface area contributed by atoms with Crippen molar-refractivity contribution in [3.63, 3.8) is 0 Å². The first-order valence-electron chi connectivity index (χ1n) is 9.17. The fraction of sp³-hybridized carbons (Fsp3) is 0.389. The van der Waals surface area contributed by atoms with E-state index in [-0.39, 0.29) is 17.5 Å². The Morgan fingerprint density at radius 2 is 2.15 bits per heavy atom. The van der Waals surface area contributed by atoms with Crippen LogP contribution in [0, 0.1) is 0 Å². The third kappa shape index (κ3) is 2.66. The molecule has 0 radical (unpaired) electrons. The van der Waals surface area contributed by atoms with E-state index < -0.39 is 0 Å². The van der Waals surface area contributed by atoms with Crippen molar-refractivity contribution >= 4 is 23.1 Å². The summed E-state index contributed by atoms with van der Waals surface area (Å²) < 4.78 is 3.43. The summed E-state index contributed by atoms with van der Waals surface area (Å²) in [5, 5.41) is 7.34. The number of carbonyl (C=O) groups is 2. The van der Waals surface area contributed by atoms with Gasteiger partial charge in [0, 0.05) is 37.9 Å². The van der Waals surface area contributed by atoms with Crippen LogP contribution >= 0.6 is 0 Å². The average Bonchev–Trinajstić information content (AvgIpc) is 3.26. The van der Waals surface area contributed by atoms with Crippen LogP contribution in [-0.2, 0) is 6.54 Å². The van der Waals surface area contributed by atoms with E-state index in [1.165, 1.54) is 0 Å². The Bertz CT molecular complexity index is 1060. The van der Waals surface area contributed by atoms with Gasteiger partial charge >= 0.3 is 0 Å². The molecule has 9 heteroatoms. The first-order valence-corrected chi connectivity index (χ1v) is 9.17. The van der Waals surface area contributed by atoms with Gasteiger partial charge in [-0.15, -0.1) is 0 Å².